The molecule has 1 fully saturated rings. The minimum Gasteiger partial charge on any atom is -0.490 e. The number of rotatable bonds is 13. The third-order valence-electron chi connectivity index (χ3n) is 9.13. The van der Waals surface area contributed by atoms with E-state index in [-0.39, 0.29) is 17.8 Å². The summed E-state index contributed by atoms with van der Waals surface area (Å²) < 4.78 is 31.1. The molecule has 0 saturated carbocycles. The predicted octanol–water partition coefficient (Wildman–Crippen LogP) is 8.88. The monoisotopic (exact) mass is 699 g/mol. The molecule has 6 rings (SSSR count). The first-order valence-electron chi connectivity index (χ1n) is 17.8. The molecule has 1 aromatic heterocycles. The van der Waals surface area contributed by atoms with E-state index in [9.17, 15) is 9.18 Å². The number of pyridine rings is 1. The summed E-state index contributed by atoms with van der Waals surface area (Å²) in [6, 6.07) is 30.7. The molecule has 0 N–H and O–H groups in total. The Hall–Kier alpha value is -5.47. The van der Waals surface area contributed by atoms with Crippen LogP contribution in [0.15, 0.2) is 109 Å². The van der Waals surface area contributed by atoms with Crippen LogP contribution in [0.2, 0.25) is 0 Å². The molecule has 0 aliphatic carbocycles. The van der Waals surface area contributed by atoms with Crippen molar-refractivity contribution < 1.29 is 23.4 Å². The maximum atomic E-state index is 13.1. The molecule has 5 aromatic rings. The molecule has 8 heteroatoms. The van der Waals surface area contributed by atoms with Gasteiger partial charge >= 0.3 is 0 Å². The van der Waals surface area contributed by atoms with Gasteiger partial charge in [-0.15, -0.1) is 0 Å². The first kappa shape index (κ1) is 36.3. The van der Waals surface area contributed by atoms with Crippen molar-refractivity contribution in [2.24, 2.45) is 0 Å². The van der Waals surface area contributed by atoms with E-state index in [4.69, 9.17) is 14.2 Å². The third-order valence-corrected chi connectivity index (χ3v) is 9.13. The number of aromatic nitrogens is 1. The van der Waals surface area contributed by atoms with Gasteiger partial charge in [0.1, 0.15) is 29.7 Å². The van der Waals surface area contributed by atoms with Crippen LogP contribution < -0.4 is 14.2 Å². The predicted molar refractivity (Wildman–Crippen MR) is 203 cm³/mol. The van der Waals surface area contributed by atoms with Gasteiger partial charge in [0.2, 0.25) is 11.8 Å². The minimum atomic E-state index is -0.277. The first-order chi connectivity index (χ1) is 25.2. The molecule has 1 amide bonds. The molecule has 268 valence electrons. The molecular formula is C44H46FN3O4. The Morgan fingerprint density at radius 3 is 2.10 bits per heavy atom. The molecule has 2 heterocycles. The number of piperazine rings is 1. The highest BCUT2D eigenvalue weighted by molar-refractivity contribution is 5.92. The summed E-state index contributed by atoms with van der Waals surface area (Å²) in [6.45, 7) is 12.4. The fraction of sp³-hybridized carbons (Fsp3) is 0.273. The van der Waals surface area contributed by atoms with Crippen LogP contribution in [-0.4, -0.2) is 53.0 Å². The zero-order chi connectivity index (χ0) is 36.5. The molecule has 52 heavy (non-hydrogen) atoms. The van der Waals surface area contributed by atoms with Gasteiger partial charge in [0.25, 0.3) is 0 Å². The van der Waals surface area contributed by atoms with Crippen molar-refractivity contribution in [3.05, 3.63) is 154 Å². The van der Waals surface area contributed by atoms with E-state index < -0.39 is 0 Å². The average molecular weight is 700 g/mol. The summed E-state index contributed by atoms with van der Waals surface area (Å²) in [7, 11) is 0. The van der Waals surface area contributed by atoms with Crippen LogP contribution in [0.4, 0.5) is 4.39 Å². The van der Waals surface area contributed by atoms with Gasteiger partial charge in [-0.3, -0.25) is 9.69 Å². The third kappa shape index (κ3) is 10.3. The van der Waals surface area contributed by atoms with Crippen LogP contribution in [-0.2, 0) is 24.4 Å². The number of hydrogen-bond acceptors (Lipinski definition) is 6. The number of nitrogens with zero attached hydrogens (tertiary/aromatic N) is 3. The molecule has 0 spiro atoms. The minimum absolute atomic E-state index is 0.0209. The number of ether oxygens (including phenoxy) is 3. The van der Waals surface area contributed by atoms with Gasteiger partial charge in [-0.05, 0) is 110 Å². The smallest absolute Gasteiger partial charge is 0.246 e. The first-order valence-corrected chi connectivity index (χ1v) is 17.8. The zero-order valence-corrected chi connectivity index (χ0v) is 30.3. The molecule has 1 aliphatic heterocycles. The Labute approximate surface area is 306 Å². The van der Waals surface area contributed by atoms with Crippen LogP contribution in [0.3, 0.4) is 0 Å². The summed E-state index contributed by atoms with van der Waals surface area (Å²) in [5.74, 6) is 2.41. The molecule has 0 radical (unpaired) electrons. The Bertz CT molecular complexity index is 1930. The Morgan fingerprint density at radius 2 is 1.44 bits per heavy atom. The highest BCUT2D eigenvalue weighted by atomic mass is 19.1. The number of carbonyl (C=O) groups excluding carboxylic acids is 1. The Morgan fingerprint density at radius 1 is 0.808 bits per heavy atom. The second-order valence-electron chi connectivity index (χ2n) is 13.5. The SMILES string of the molecule is Cc1ccc(OC(C)Cc2ccc(CN3CCN(C(=O)C=Cc4cc(C)c(Oc5ccc(OCc6ccc(F)cc6)cn5)c(C)c4)CC3)cc2)cc1. The summed E-state index contributed by atoms with van der Waals surface area (Å²) in [4.78, 5) is 21.8. The van der Waals surface area contributed by atoms with Crippen molar-refractivity contribution in [2.75, 3.05) is 26.2 Å². The summed E-state index contributed by atoms with van der Waals surface area (Å²) in [5, 5.41) is 0. The number of carbonyl (C=O) groups is 1. The van der Waals surface area contributed by atoms with Crippen LogP contribution in [0, 0.1) is 26.6 Å². The van der Waals surface area contributed by atoms with Gasteiger partial charge in [-0.2, -0.15) is 0 Å². The Kier molecular flexibility index (Phi) is 12.0. The van der Waals surface area contributed by atoms with E-state index in [1.807, 2.05) is 49.1 Å². The number of amides is 1. The van der Waals surface area contributed by atoms with Gasteiger partial charge in [0.15, 0.2) is 0 Å². The summed E-state index contributed by atoms with van der Waals surface area (Å²) in [5.41, 5.74) is 7.44. The second kappa shape index (κ2) is 17.2. The van der Waals surface area contributed by atoms with Crippen molar-refractivity contribution in [1.29, 1.82) is 0 Å². The van der Waals surface area contributed by atoms with E-state index in [1.165, 1.54) is 28.8 Å². The maximum Gasteiger partial charge on any atom is 0.246 e. The van der Waals surface area contributed by atoms with Crippen molar-refractivity contribution in [2.45, 2.75) is 53.4 Å². The molecule has 7 nitrogen and oxygen atoms in total. The second-order valence-corrected chi connectivity index (χ2v) is 13.5. The zero-order valence-electron chi connectivity index (χ0n) is 30.3. The topological polar surface area (TPSA) is 64.1 Å². The van der Waals surface area contributed by atoms with E-state index in [0.29, 0.717) is 31.3 Å². The van der Waals surface area contributed by atoms with Crippen molar-refractivity contribution in [1.82, 2.24) is 14.8 Å². The fourth-order valence-electron chi connectivity index (χ4n) is 6.27. The normalized spacial score (nSPS) is 14.0. The fourth-order valence-corrected chi connectivity index (χ4v) is 6.27. The van der Waals surface area contributed by atoms with Crippen molar-refractivity contribution in [3.8, 4) is 23.1 Å². The van der Waals surface area contributed by atoms with Gasteiger partial charge in [-0.25, -0.2) is 9.37 Å². The van der Waals surface area contributed by atoms with Crippen molar-refractivity contribution >= 4 is 12.0 Å². The summed E-state index contributed by atoms with van der Waals surface area (Å²) in [6.07, 6.45) is 6.09. The molecule has 1 saturated heterocycles. The van der Waals surface area contributed by atoms with E-state index in [1.54, 1.807) is 36.5 Å². The van der Waals surface area contributed by atoms with Gasteiger partial charge in [-0.1, -0.05) is 54.1 Å². The van der Waals surface area contributed by atoms with Crippen LogP contribution >= 0.6 is 0 Å². The highest BCUT2D eigenvalue weighted by Gasteiger charge is 2.20. The quantitative estimate of drug-likeness (QED) is 0.115. The van der Waals surface area contributed by atoms with E-state index >= 15 is 0 Å². The van der Waals surface area contributed by atoms with Crippen LogP contribution in [0.1, 0.15) is 45.9 Å². The lowest BCUT2D eigenvalue weighted by molar-refractivity contribution is -0.127. The van der Waals surface area contributed by atoms with Crippen molar-refractivity contribution in [3.63, 3.8) is 0 Å². The molecule has 1 unspecified atom stereocenters. The van der Waals surface area contributed by atoms with Gasteiger partial charge in [0, 0.05) is 51.3 Å². The largest absolute Gasteiger partial charge is 0.490 e. The molecule has 1 aliphatic rings. The van der Waals surface area contributed by atoms with Gasteiger partial charge < -0.3 is 19.1 Å². The number of halogens is 1. The van der Waals surface area contributed by atoms with Crippen LogP contribution in [0.25, 0.3) is 6.08 Å². The lowest BCUT2D eigenvalue weighted by Gasteiger charge is -2.34. The maximum absolute atomic E-state index is 13.1. The van der Waals surface area contributed by atoms with E-state index in [2.05, 4.69) is 60.1 Å². The molecule has 0 bridgehead atoms. The molecular weight excluding hydrogens is 653 g/mol. The number of hydrogen-bond donors (Lipinski definition) is 0. The highest BCUT2D eigenvalue weighted by Crippen LogP contribution is 2.30. The molecule has 1 atom stereocenters. The number of aryl methyl sites for hydroxylation is 3. The van der Waals surface area contributed by atoms with E-state index in [0.717, 1.165) is 59.8 Å². The van der Waals surface area contributed by atoms with Gasteiger partial charge in [0.05, 0.1) is 12.3 Å². The lowest BCUT2D eigenvalue weighted by atomic mass is 10.0. The molecule has 4 aromatic carbocycles. The number of benzene rings is 4. The summed E-state index contributed by atoms with van der Waals surface area (Å²) >= 11 is 0. The standard InChI is InChI=1S/C44H46FN3O4/c1-31-5-16-40(17-6-31)51-34(4)27-35-7-9-36(10-8-35)29-47-21-23-48(24-22-47)43(49)20-13-38-25-32(2)44(33(3)26-38)52-42-19-18-41(28-46-42)50-30-37-11-14-39(45)15-12-37/h5-20,25-26,28,34H,21-24,27,29-30H2,1-4H3. The average Bonchev–Trinajstić information content (AvgIpc) is 3.14. The van der Waals surface area contributed by atoms with Crippen LogP contribution in [0.5, 0.6) is 23.1 Å². The lowest BCUT2D eigenvalue weighted by Crippen LogP contribution is -2.47. The Balaban J connectivity index is 0.938.